The van der Waals surface area contributed by atoms with E-state index in [0.717, 1.165) is 47.7 Å². The first kappa shape index (κ1) is 18.1. The number of rotatable bonds is 7. The monoisotopic (exact) mass is 350 g/mol. The normalized spacial score (nSPS) is 16.2. The molecule has 0 saturated carbocycles. The van der Waals surface area contributed by atoms with Gasteiger partial charge >= 0.3 is 0 Å². The molecule has 136 valence electrons. The minimum atomic E-state index is -0.324. The van der Waals surface area contributed by atoms with Crippen LogP contribution in [0.15, 0.2) is 47.5 Å². The Morgan fingerprint density at radius 3 is 2.81 bits per heavy atom. The average molecular weight is 350 g/mol. The predicted molar refractivity (Wildman–Crippen MR) is 109 cm³/mol. The molecule has 0 fully saturated rings. The van der Waals surface area contributed by atoms with Crippen LogP contribution in [0.25, 0.3) is 0 Å². The standard InChI is InChI=1S/C21H26N4O/c1-15-13-16(9-10-19(15)22-11-6-12-25(2)3)23-14-18-17-7-4-5-8-20(17)24-21(18)26/h4-5,7-10,13-14,18,22H,6,11-12H2,1-3H3,(H,24,26). The second-order valence-electron chi connectivity index (χ2n) is 6.92. The molecule has 0 spiro atoms. The van der Waals surface area contributed by atoms with Gasteiger partial charge in [0.15, 0.2) is 0 Å². The number of nitrogens with one attached hydrogen (secondary N) is 2. The molecule has 1 aliphatic heterocycles. The maximum absolute atomic E-state index is 12.2. The van der Waals surface area contributed by atoms with Crippen molar-refractivity contribution in [3.05, 3.63) is 53.6 Å². The number of carbonyl (C=O) groups is 1. The Morgan fingerprint density at radius 2 is 2.04 bits per heavy atom. The quantitative estimate of drug-likeness (QED) is 0.590. The molecule has 1 aliphatic rings. The zero-order valence-corrected chi connectivity index (χ0v) is 15.6. The smallest absolute Gasteiger partial charge is 0.237 e. The maximum atomic E-state index is 12.2. The summed E-state index contributed by atoms with van der Waals surface area (Å²) in [7, 11) is 4.17. The van der Waals surface area contributed by atoms with Crippen molar-refractivity contribution in [2.24, 2.45) is 4.99 Å². The second-order valence-corrected chi connectivity index (χ2v) is 6.92. The first-order valence-electron chi connectivity index (χ1n) is 8.98. The molecule has 0 saturated heterocycles. The number of hydrogen-bond donors (Lipinski definition) is 2. The third-order valence-electron chi connectivity index (χ3n) is 4.52. The van der Waals surface area contributed by atoms with E-state index in [9.17, 15) is 4.79 Å². The van der Waals surface area contributed by atoms with Crippen molar-refractivity contribution in [3.63, 3.8) is 0 Å². The Labute approximate surface area is 155 Å². The fourth-order valence-corrected chi connectivity index (χ4v) is 3.09. The molecule has 1 amide bonds. The van der Waals surface area contributed by atoms with E-state index < -0.39 is 0 Å². The highest BCUT2D eigenvalue weighted by Crippen LogP contribution is 2.31. The number of carbonyl (C=O) groups excluding carboxylic acids is 1. The van der Waals surface area contributed by atoms with Crippen molar-refractivity contribution in [2.75, 3.05) is 37.8 Å². The molecule has 2 N–H and O–H groups in total. The molecule has 0 aliphatic carbocycles. The van der Waals surface area contributed by atoms with E-state index in [-0.39, 0.29) is 11.8 Å². The minimum Gasteiger partial charge on any atom is -0.385 e. The Balaban J connectivity index is 1.64. The zero-order chi connectivity index (χ0) is 18.5. The second kappa shape index (κ2) is 8.15. The molecule has 5 heteroatoms. The number of anilines is 2. The summed E-state index contributed by atoms with van der Waals surface area (Å²) < 4.78 is 0. The number of amides is 1. The molecule has 0 aromatic heterocycles. The van der Waals surface area contributed by atoms with Gasteiger partial charge in [0, 0.05) is 24.1 Å². The van der Waals surface area contributed by atoms with Crippen LogP contribution in [0, 0.1) is 6.92 Å². The van der Waals surface area contributed by atoms with Crippen molar-refractivity contribution in [1.82, 2.24) is 4.90 Å². The van der Waals surface area contributed by atoms with Crippen LogP contribution in [0.1, 0.15) is 23.5 Å². The Hall–Kier alpha value is -2.66. The van der Waals surface area contributed by atoms with Crippen LogP contribution < -0.4 is 10.6 Å². The highest BCUT2D eigenvalue weighted by Gasteiger charge is 2.28. The lowest BCUT2D eigenvalue weighted by atomic mass is 10.0. The summed E-state index contributed by atoms with van der Waals surface area (Å²) in [6.07, 6.45) is 2.84. The van der Waals surface area contributed by atoms with Gasteiger partial charge in [0.1, 0.15) is 5.92 Å². The molecular weight excluding hydrogens is 324 g/mol. The van der Waals surface area contributed by atoms with Gasteiger partial charge in [-0.25, -0.2) is 0 Å². The summed E-state index contributed by atoms with van der Waals surface area (Å²) in [5.41, 5.74) is 5.01. The first-order chi connectivity index (χ1) is 12.5. The SMILES string of the molecule is Cc1cc(N=CC2C(=O)Nc3ccccc32)ccc1NCCCN(C)C. The van der Waals surface area contributed by atoms with Gasteiger partial charge in [0.05, 0.1) is 5.69 Å². The van der Waals surface area contributed by atoms with E-state index in [0.29, 0.717) is 0 Å². The van der Waals surface area contributed by atoms with E-state index in [1.165, 1.54) is 0 Å². The van der Waals surface area contributed by atoms with Crippen LogP contribution in [-0.4, -0.2) is 44.2 Å². The number of fused-ring (bicyclic) bond motifs is 1. The largest absolute Gasteiger partial charge is 0.385 e. The molecule has 3 rings (SSSR count). The number of hydrogen-bond acceptors (Lipinski definition) is 4. The number of aryl methyl sites for hydroxylation is 1. The van der Waals surface area contributed by atoms with Gasteiger partial charge in [-0.2, -0.15) is 0 Å². The van der Waals surface area contributed by atoms with Crippen LogP contribution in [-0.2, 0) is 4.79 Å². The van der Waals surface area contributed by atoms with E-state index in [2.05, 4.69) is 47.6 Å². The van der Waals surface area contributed by atoms with E-state index in [1.807, 2.05) is 36.4 Å². The molecule has 2 aromatic rings. The third kappa shape index (κ3) is 4.29. The Bertz CT molecular complexity index is 813. The fourth-order valence-electron chi connectivity index (χ4n) is 3.09. The third-order valence-corrected chi connectivity index (χ3v) is 4.52. The van der Waals surface area contributed by atoms with E-state index in [1.54, 1.807) is 6.21 Å². The number of aliphatic imine (C=N–C) groups is 1. The number of benzene rings is 2. The van der Waals surface area contributed by atoms with Crippen LogP contribution in [0.2, 0.25) is 0 Å². The van der Waals surface area contributed by atoms with E-state index >= 15 is 0 Å². The lowest BCUT2D eigenvalue weighted by Crippen LogP contribution is -2.16. The summed E-state index contributed by atoms with van der Waals surface area (Å²) in [4.78, 5) is 18.9. The molecule has 1 atom stereocenters. The van der Waals surface area contributed by atoms with Crippen molar-refractivity contribution >= 4 is 29.2 Å². The van der Waals surface area contributed by atoms with Crippen LogP contribution in [0.4, 0.5) is 17.1 Å². The summed E-state index contributed by atoms with van der Waals surface area (Å²) in [6.45, 7) is 4.09. The topological polar surface area (TPSA) is 56.7 Å². The van der Waals surface area contributed by atoms with Crippen molar-refractivity contribution < 1.29 is 4.79 Å². The van der Waals surface area contributed by atoms with Gasteiger partial charge in [0.2, 0.25) is 5.91 Å². The van der Waals surface area contributed by atoms with Crippen molar-refractivity contribution in [3.8, 4) is 0 Å². The lowest BCUT2D eigenvalue weighted by molar-refractivity contribution is -0.115. The molecule has 0 radical (unpaired) electrons. The summed E-state index contributed by atoms with van der Waals surface area (Å²) in [6, 6.07) is 13.8. The fraction of sp³-hybridized carbons (Fsp3) is 0.333. The highest BCUT2D eigenvalue weighted by molar-refractivity contribution is 6.12. The van der Waals surface area contributed by atoms with Gasteiger partial charge in [-0.15, -0.1) is 0 Å². The van der Waals surface area contributed by atoms with Gasteiger partial charge in [-0.3, -0.25) is 9.79 Å². The molecule has 1 unspecified atom stereocenters. The summed E-state index contributed by atoms with van der Waals surface area (Å²) in [5, 5.41) is 6.37. The predicted octanol–water partition coefficient (Wildman–Crippen LogP) is 3.80. The Morgan fingerprint density at radius 1 is 1.23 bits per heavy atom. The molecule has 26 heavy (non-hydrogen) atoms. The van der Waals surface area contributed by atoms with Crippen LogP contribution in [0.5, 0.6) is 0 Å². The molecule has 1 heterocycles. The number of nitrogens with zero attached hydrogens (tertiary/aromatic N) is 2. The van der Waals surface area contributed by atoms with Crippen LogP contribution >= 0.6 is 0 Å². The summed E-state index contributed by atoms with van der Waals surface area (Å²) in [5.74, 6) is -0.346. The average Bonchev–Trinajstić information content (AvgIpc) is 2.93. The van der Waals surface area contributed by atoms with E-state index in [4.69, 9.17) is 0 Å². The molecule has 5 nitrogen and oxygen atoms in total. The van der Waals surface area contributed by atoms with Gasteiger partial charge in [0.25, 0.3) is 0 Å². The van der Waals surface area contributed by atoms with Crippen molar-refractivity contribution in [2.45, 2.75) is 19.3 Å². The Kier molecular flexibility index (Phi) is 5.68. The van der Waals surface area contributed by atoms with Crippen molar-refractivity contribution in [1.29, 1.82) is 0 Å². The molecular formula is C21H26N4O. The zero-order valence-electron chi connectivity index (χ0n) is 15.6. The molecule has 0 bridgehead atoms. The summed E-state index contributed by atoms with van der Waals surface area (Å²) >= 11 is 0. The number of para-hydroxylation sites is 1. The van der Waals surface area contributed by atoms with Gasteiger partial charge in [-0.1, -0.05) is 18.2 Å². The van der Waals surface area contributed by atoms with Crippen LogP contribution in [0.3, 0.4) is 0 Å². The first-order valence-corrected chi connectivity index (χ1v) is 8.98. The lowest BCUT2D eigenvalue weighted by Gasteiger charge is -2.12. The highest BCUT2D eigenvalue weighted by atomic mass is 16.2. The van der Waals surface area contributed by atoms with Gasteiger partial charge < -0.3 is 15.5 Å². The molecule has 2 aromatic carbocycles. The minimum absolute atomic E-state index is 0.0224. The van der Waals surface area contributed by atoms with Gasteiger partial charge in [-0.05, 0) is 69.4 Å². The maximum Gasteiger partial charge on any atom is 0.237 e.